The van der Waals surface area contributed by atoms with Crippen LogP contribution in [0.5, 0.6) is 0 Å². The van der Waals surface area contributed by atoms with E-state index in [1.165, 1.54) is 38.5 Å². The fourth-order valence-corrected chi connectivity index (χ4v) is 8.99. The fourth-order valence-electron chi connectivity index (χ4n) is 8.54. The largest absolute Gasteiger partial charge is 0.459 e. The Bertz CT molecular complexity index is 674. The molecule has 0 amide bonds. The number of halogens is 1. The molecule has 3 nitrogen and oxygen atoms in total. The number of carbonyl (C=O) groups is 1. The highest BCUT2D eigenvalue weighted by Crippen LogP contribution is 2.74. The van der Waals surface area contributed by atoms with E-state index in [9.17, 15) is 4.79 Å². The SMILES string of the molecule is C[C@H]1C[C@@]23CC[C@H]4[C@@](C)(CCC[C@@]4(C)C(=O)OCC[N+](C)(C)C)[C@@H]2CC[C@]1(Cl)C3. The number of rotatable bonds is 4. The highest BCUT2D eigenvalue weighted by molar-refractivity contribution is 6.24. The summed E-state index contributed by atoms with van der Waals surface area (Å²) in [5.74, 6) is 1.88. The lowest BCUT2D eigenvalue weighted by atomic mass is 9.41. The third kappa shape index (κ3) is 3.37. The molecule has 4 heteroatoms. The zero-order chi connectivity index (χ0) is 21.3. The first-order valence-electron chi connectivity index (χ1n) is 12.0. The van der Waals surface area contributed by atoms with E-state index in [2.05, 4.69) is 41.9 Å². The molecule has 4 aliphatic rings. The molecule has 0 aromatic heterocycles. The molecule has 4 rings (SSSR count). The van der Waals surface area contributed by atoms with Gasteiger partial charge in [0.25, 0.3) is 0 Å². The molecule has 0 aliphatic heterocycles. The van der Waals surface area contributed by atoms with Crippen LogP contribution in [0.25, 0.3) is 0 Å². The minimum Gasteiger partial charge on any atom is -0.459 e. The Kier molecular flexibility index (Phi) is 5.19. The maximum atomic E-state index is 13.4. The smallest absolute Gasteiger partial charge is 0.312 e. The van der Waals surface area contributed by atoms with Gasteiger partial charge in [-0.25, -0.2) is 0 Å². The number of ether oxygens (including phenoxy) is 1. The summed E-state index contributed by atoms with van der Waals surface area (Å²) in [4.78, 5) is 13.4. The van der Waals surface area contributed by atoms with Crippen molar-refractivity contribution in [1.29, 1.82) is 0 Å². The average molecular weight is 425 g/mol. The minimum atomic E-state index is -0.320. The first-order valence-corrected chi connectivity index (χ1v) is 12.4. The predicted molar refractivity (Wildman–Crippen MR) is 119 cm³/mol. The van der Waals surface area contributed by atoms with Crippen LogP contribution in [0.1, 0.15) is 78.6 Å². The maximum absolute atomic E-state index is 13.4. The van der Waals surface area contributed by atoms with E-state index in [4.69, 9.17) is 16.3 Å². The van der Waals surface area contributed by atoms with Crippen LogP contribution >= 0.6 is 11.6 Å². The second-order valence-electron chi connectivity index (χ2n) is 12.8. The zero-order valence-electron chi connectivity index (χ0n) is 19.7. The molecule has 0 aromatic rings. The summed E-state index contributed by atoms with van der Waals surface area (Å²) in [5.41, 5.74) is 0.363. The van der Waals surface area contributed by atoms with Crippen LogP contribution in [-0.4, -0.2) is 49.6 Å². The van der Waals surface area contributed by atoms with Crippen molar-refractivity contribution in [3.8, 4) is 0 Å². The number of likely N-dealkylation sites (N-methyl/N-ethyl adjacent to an activating group) is 1. The summed E-state index contributed by atoms with van der Waals surface area (Å²) in [6.45, 7) is 8.54. The van der Waals surface area contributed by atoms with Crippen molar-refractivity contribution in [2.24, 2.45) is 34.0 Å². The molecule has 4 saturated carbocycles. The normalized spacial score (nSPS) is 49.3. The van der Waals surface area contributed by atoms with Crippen molar-refractivity contribution in [1.82, 2.24) is 0 Å². The molecule has 0 N–H and O–H groups in total. The number of hydrogen-bond acceptors (Lipinski definition) is 2. The van der Waals surface area contributed by atoms with Crippen molar-refractivity contribution < 1.29 is 14.0 Å². The van der Waals surface area contributed by atoms with Crippen molar-refractivity contribution in [3.63, 3.8) is 0 Å². The van der Waals surface area contributed by atoms with Crippen LogP contribution in [-0.2, 0) is 9.53 Å². The molecule has 4 fully saturated rings. The van der Waals surface area contributed by atoms with Crippen LogP contribution in [0.2, 0.25) is 0 Å². The third-order valence-corrected chi connectivity index (χ3v) is 10.7. The molecule has 29 heavy (non-hydrogen) atoms. The fraction of sp³-hybridized carbons (Fsp3) is 0.960. The Morgan fingerprint density at radius 1 is 1.07 bits per heavy atom. The van der Waals surface area contributed by atoms with E-state index in [1.54, 1.807) is 0 Å². The Morgan fingerprint density at radius 3 is 2.45 bits per heavy atom. The van der Waals surface area contributed by atoms with Gasteiger partial charge in [0, 0.05) is 4.87 Å². The van der Waals surface area contributed by atoms with E-state index >= 15 is 0 Å². The molecule has 1 spiro atoms. The van der Waals surface area contributed by atoms with Crippen molar-refractivity contribution in [3.05, 3.63) is 0 Å². The molecule has 4 aliphatic carbocycles. The molecular formula is C25H43ClNO2+. The number of carbonyl (C=O) groups excluding carboxylic acids is 1. The monoisotopic (exact) mass is 424 g/mol. The van der Waals surface area contributed by atoms with E-state index in [0.29, 0.717) is 23.9 Å². The number of quaternary nitrogens is 1. The molecule has 0 saturated heterocycles. The van der Waals surface area contributed by atoms with Crippen molar-refractivity contribution >= 4 is 17.6 Å². The van der Waals surface area contributed by atoms with Gasteiger partial charge in [0.15, 0.2) is 0 Å². The summed E-state index contributed by atoms with van der Waals surface area (Å²) in [7, 11) is 6.45. The number of hydrogen-bond donors (Lipinski definition) is 0. The van der Waals surface area contributed by atoms with Crippen LogP contribution in [0, 0.1) is 34.0 Å². The standard InChI is InChI=1S/C25H43ClNO2/c1-18-16-24-12-8-19-22(2,20(24)9-13-25(18,26)17-24)10-7-11-23(19,3)21(28)29-15-14-27(4,5)6/h18-20H,7-17H2,1-6H3/q+1/t18-,19-,20-,22+,23+,24+,25-/m0/s1. The Hall–Kier alpha value is -0.280. The highest BCUT2D eigenvalue weighted by Gasteiger charge is 2.68. The summed E-state index contributed by atoms with van der Waals surface area (Å²) in [5, 5.41) is 0. The summed E-state index contributed by atoms with van der Waals surface area (Å²) < 4.78 is 6.74. The van der Waals surface area contributed by atoms with Crippen molar-refractivity contribution in [2.75, 3.05) is 34.3 Å². The van der Waals surface area contributed by atoms with Crippen LogP contribution in [0.3, 0.4) is 0 Å². The van der Waals surface area contributed by atoms with Gasteiger partial charge in [-0.15, -0.1) is 11.6 Å². The third-order valence-electron chi connectivity index (χ3n) is 9.99. The van der Waals surface area contributed by atoms with Crippen LogP contribution < -0.4 is 0 Å². The number of alkyl halides is 1. The van der Waals surface area contributed by atoms with E-state index < -0.39 is 0 Å². The maximum Gasteiger partial charge on any atom is 0.312 e. The van der Waals surface area contributed by atoms with E-state index in [-0.39, 0.29) is 21.7 Å². The van der Waals surface area contributed by atoms with Crippen LogP contribution in [0.4, 0.5) is 0 Å². The molecule has 7 atom stereocenters. The summed E-state index contributed by atoms with van der Waals surface area (Å²) >= 11 is 7.11. The lowest BCUT2D eigenvalue weighted by molar-refractivity contribution is -0.870. The molecular weight excluding hydrogens is 382 g/mol. The molecule has 166 valence electrons. The number of fused-ring (bicyclic) bond motifs is 3. The summed E-state index contributed by atoms with van der Waals surface area (Å²) in [6, 6.07) is 0. The first-order chi connectivity index (χ1) is 13.3. The van der Waals surface area contributed by atoms with Gasteiger partial charge in [0.2, 0.25) is 0 Å². The molecule has 2 bridgehead atoms. The molecule has 0 aromatic carbocycles. The van der Waals surface area contributed by atoms with Gasteiger partial charge in [-0.05, 0) is 86.9 Å². The van der Waals surface area contributed by atoms with Gasteiger partial charge in [-0.1, -0.05) is 20.3 Å². The first kappa shape index (κ1) is 21.9. The predicted octanol–water partition coefficient (Wildman–Crippen LogP) is 5.65. The minimum absolute atomic E-state index is 0.0435. The van der Waals surface area contributed by atoms with Gasteiger partial charge in [-0.2, -0.15) is 0 Å². The number of nitrogens with zero attached hydrogens (tertiary/aromatic N) is 1. The van der Waals surface area contributed by atoms with E-state index in [1.807, 2.05) is 0 Å². The Labute approximate surface area is 183 Å². The number of esters is 1. The van der Waals surface area contributed by atoms with Gasteiger partial charge in [0.05, 0.1) is 26.6 Å². The quantitative estimate of drug-likeness (QED) is 0.331. The topological polar surface area (TPSA) is 26.3 Å². The molecule has 0 heterocycles. The van der Waals surface area contributed by atoms with Gasteiger partial charge < -0.3 is 9.22 Å². The van der Waals surface area contributed by atoms with Gasteiger partial charge >= 0.3 is 5.97 Å². The van der Waals surface area contributed by atoms with Crippen LogP contribution in [0.15, 0.2) is 0 Å². The second-order valence-corrected chi connectivity index (χ2v) is 13.5. The average Bonchev–Trinajstić information content (AvgIpc) is 2.77. The summed E-state index contributed by atoms with van der Waals surface area (Å²) in [6.07, 6.45) is 10.8. The lowest BCUT2D eigenvalue weighted by Gasteiger charge is -2.64. The molecule has 0 unspecified atom stereocenters. The van der Waals surface area contributed by atoms with Gasteiger partial charge in [0.1, 0.15) is 13.2 Å². The lowest BCUT2D eigenvalue weighted by Crippen LogP contribution is -2.59. The van der Waals surface area contributed by atoms with Crippen molar-refractivity contribution in [2.45, 2.75) is 83.4 Å². The zero-order valence-corrected chi connectivity index (χ0v) is 20.4. The highest BCUT2D eigenvalue weighted by atomic mass is 35.5. The van der Waals surface area contributed by atoms with E-state index in [0.717, 1.165) is 36.2 Å². The molecule has 0 radical (unpaired) electrons. The Balaban J connectivity index is 1.56. The Morgan fingerprint density at radius 2 is 1.76 bits per heavy atom. The van der Waals surface area contributed by atoms with Gasteiger partial charge in [-0.3, -0.25) is 4.79 Å². The second kappa shape index (κ2) is 6.86.